The predicted molar refractivity (Wildman–Crippen MR) is 92.2 cm³/mol. The van der Waals surface area contributed by atoms with Gasteiger partial charge in [-0.3, -0.25) is 9.59 Å². The van der Waals surface area contributed by atoms with Gasteiger partial charge in [-0.05, 0) is 18.1 Å². The van der Waals surface area contributed by atoms with Gasteiger partial charge < -0.3 is 15.8 Å². The molecule has 2 rings (SSSR count). The minimum Gasteiger partial charge on any atom is -0.368 e. The summed E-state index contributed by atoms with van der Waals surface area (Å²) in [5.41, 5.74) is 8.22. The number of aryl methyl sites for hydroxylation is 1. The molecule has 2 aromatic rings. The van der Waals surface area contributed by atoms with Crippen molar-refractivity contribution < 1.29 is 14.3 Å². The molecule has 0 spiro atoms. The minimum absolute atomic E-state index is 0.340. The summed E-state index contributed by atoms with van der Waals surface area (Å²) in [6.45, 7) is 1.99. The van der Waals surface area contributed by atoms with Crippen LogP contribution in [0.5, 0.6) is 0 Å². The van der Waals surface area contributed by atoms with Crippen molar-refractivity contribution >= 4 is 11.8 Å². The van der Waals surface area contributed by atoms with Gasteiger partial charge in [0.1, 0.15) is 6.04 Å². The van der Waals surface area contributed by atoms with Gasteiger partial charge in [0.05, 0.1) is 0 Å². The standard InChI is InChI=1S/C19H22N2O3/c1-13-8-10-14(11-9-13)12-16(18(20)22)21-19(23)17(24-2)15-6-4-3-5-7-15/h3-11,16-17H,12H2,1-2H3,(H2,20,22)(H,21,23)/t16-,17-/m0/s1. The van der Waals surface area contributed by atoms with E-state index < -0.39 is 18.1 Å². The largest absolute Gasteiger partial charge is 0.368 e. The van der Waals surface area contributed by atoms with Crippen LogP contribution in [-0.4, -0.2) is 25.0 Å². The summed E-state index contributed by atoms with van der Waals surface area (Å²) in [7, 11) is 1.45. The lowest BCUT2D eigenvalue weighted by Gasteiger charge is -2.20. The molecule has 0 saturated carbocycles. The van der Waals surface area contributed by atoms with Gasteiger partial charge in [0.25, 0.3) is 5.91 Å². The molecule has 2 aromatic carbocycles. The highest BCUT2D eigenvalue weighted by atomic mass is 16.5. The first kappa shape index (κ1) is 17.7. The minimum atomic E-state index is -0.790. The predicted octanol–water partition coefficient (Wildman–Crippen LogP) is 1.90. The summed E-state index contributed by atoms with van der Waals surface area (Å²) in [5, 5.41) is 2.69. The van der Waals surface area contributed by atoms with Crippen molar-refractivity contribution in [2.75, 3.05) is 7.11 Å². The fourth-order valence-electron chi connectivity index (χ4n) is 2.45. The maximum Gasteiger partial charge on any atom is 0.254 e. The average Bonchev–Trinajstić information content (AvgIpc) is 2.57. The highest BCUT2D eigenvalue weighted by Crippen LogP contribution is 2.17. The Hall–Kier alpha value is -2.66. The number of nitrogens with one attached hydrogen (secondary N) is 1. The van der Waals surface area contributed by atoms with Crippen LogP contribution in [0, 0.1) is 6.92 Å². The van der Waals surface area contributed by atoms with Gasteiger partial charge in [-0.25, -0.2) is 0 Å². The van der Waals surface area contributed by atoms with Crippen molar-refractivity contribution in [2.24, 2.45) is 5.73 Å². The van der Waals surface area contributed by atoms with E-state index in [1.807, 2.05) is 49.4 Å². The number of primary amides is 1. The zero-order valence-corrected chi connectivity index (χ0v) is 13.9. The van der Waals surface area contributed by atoms with Crippen LogP contribution in [-0.2, 0) is 20.7 Å². The zero-order valence-electron chi connectivity index (χ0n) is 13.9. The lowest BCUT2D eigenvalue weighted by Crippen LogP contribution is -2.47. The second-order valence-corrected chi connectivity index (χ2v) is 5.68. The first-order chi connectivity index (χ1) is 11.5. The van der Waals surface area contributed by atoms with Gasteiger partial charge >= 0.3 is 0 Å². The van der Waals surface area contributed by atoms with Crippen LogP contribution >= 0.6 is 0 Å². The second kappa shape index (κ2) is 8.26. The summed E-state index contributed by atoms with van der Waals surface area (Å²) in [6.07, 6.45) is -0.446. The number of methoxy groups -OCH3 is 1. The Labute approximate surface area is 141 Å². The fraction of sp³-hybridized carbons (Fsp3) is 0.263. The molecule has 2 atom stereocenters. The second-order valence-electron chi connectivity index (χ2n) is 5.68. The Morgan fingerprint density at radius 1 is 1.08 bits per heavy atom. The topological polar surface area (TPSA) is 81.4 Å². The first-order valence-electron chi connectivity index (χ1n) is 7.74. The van der Waals surface area contributed by atoms with Crippen LogP contribution in [0.15, 0.2) is 54.6 Å². The molecule has 5 nitrogen and oxygen atoms in total. The molecule has 126 valence electrons. The van der Waals surface area contributed by atoms with Gasteiger partial charge in [-0.1, -0.05) is 60.2 Å². The van der Waals surface area contributed by atoms with E-state index in [1.165, 1.54) is 7.11 Å². The quantitative estimate of drug-likeness (QED) is 0.815. The molecule has 24 heavy (non-hydrogen) atoms. The fourth-order valence-corrected chi connectivity index (χ4v) is 2.45. The molecule has 2 amide bonds. The lowest BCUT2D eigenvalue weighted by molar-refractivity contribution is -0.134. The summed E-state index contributed by atoms with van der Waals surface area (Å²) in [5.74, 6) is -0.966. The molecule has 0 fully saturated rings. The van der Waals surface area contributed by atoms with E-state index in [9.17, 15) is 9.59 Å². The SMILES string of the molecule is CO[C@H](C(=O)N[C@@H](Cc1ccc(C)cc1)C(N)=O)c1ccccc1. The van der Waals surface area contributed by atoms with Crippen molar-refractivity contribution in [1.82, 2.24) is 5.32 Å². The number of rotatable bonds is 7. The van der Waals surface area contributed by atoms with Crippen LogP contribution in [0.1, 0.15) is 22.8 Å². The molecule has 0 heterocycles. The van der Waals surface area contributed by atoms with E-state index in [1.54, 1.807) is 12.1 Å². The molecule has 0 aliphatic carbocycles. The van der Waals surface area contributed by atoms with Crippen LogP contribution in [0.2, 0.25) is 0 Å². The molecular formula is C19H22N2O3. The third-order valence-electron chi connectivity index (χ3n) is 3.80. The van der Waals surface area contributed by atoms with Gasteiger partial charge in [-0.15, -0.1) is 0 Å². The van der Waals surface area contributed by atoms with E-state index in [2.05, 4.69) is 5.32 Å². The number of nitrogens with two attached hydrogens (primary N) is 1. The number of carbonyl (C=O) groups is 2. The lowest BCUT2D eigenvalue weighted by atomic mass is 10.0. The summed E-state index contributed by atoms with van der Waals surface area (Å²) in [4.78, 5) is 24.2. The molecule has 0 aliphatic heterocycles. The summed E-state index contributed by atoms with van der Waals surface area (Å²) < 4.78 is 5.28. The Kier molecular flexibility index (Phi) is 6.09. The molecule has 0 aliphatic rings. The number of benzene rings is 2. The molecule has 0 saturated heterocycles. The van der Waals surface area contributed by atoms with Gasteiger partial charge in [0, 0.05) is 13.5 Å². The first-order valence-corrected chi connectivity index (χ1v) is 7.74. The van der Waals surface area contributed by atoms with Crippen molar-refractivity contribution in [3.05, 3.63) is 71.3 Å². The van der Waals surface area contributed by atoms with Crippen LogP contribution in [0.3, 0.4) is 0 Å². The highest BCUT2D eigenvalue weighted by molar-refractivity contribution is 5.89. The van der Waals surface area contributed by atoms with Crippen molar-refractivity contribution in [3.63, 3.8) is 0 Å². The summed E-state index contributed by atoms with van der Waals surface area (Å²) in [6, 6.07) is 16.1. The van der Waals surface area contributed by atoms with Crippen LogP contribution in [0.4, 0.5) is 0 Å². The number of amides is 2. The molecular weight excluding hydrogens is 304 g/mol. The molecule has 5 heteroatoms. The van der Waals surface area contributed by atoms with Crippen LogP contribution in [0.25, 0.3) is 0 Å². The Morgan fingerprint density at radius 3 is 2.25 bits per heavy atom. The Morgan fingerprint density at radius 2 is 1.71 bits per heavy atom. The maximum atomic E-state index is 12.5. The molecule has 3 N–H and O–H groups in total. The van der Waals surface area contributed by atoms with E-state index >= 15 is 0 Å². The van der Waals surface area contributed by atoms with E-state index in [-0.39, 0.29) is 5.91 Å². The van der Waals surface area contributed by atoms with Crippen molar-refractivity contribution in [3.8, 4) is 0 Å². The van der Waals surface area contributed by atoms with Crippen LogP contribution < -0.4 is 11.1 Å². The van der Waals surface area contributed by atoms with Gasteiger partial charge in [-0.2, -0.15) is 0 Å². The number of ether oxygens (including phenoxy) is 1. The third-order valence-corrected chi connectivity index (χ3v) is 3.80. The maximum absolute atomic E-state index is 12.5. The average molecular weight is 326 g/mol. The molecule has 0 unspecified atom stereocenters. The third kappa shape index (κ3) is 4.67. The van der Waals surface area contributed by atoms with Crippen molar-refractivity contribution in [2.45, 2.75) is 25.5 Å². The highest BCUT2D eigenvalue weighted by Gasteiger charge is 2.25. The number of hydrogen-bond donors (Lipinski definition) is 2. The number of hydrogen-bond acceptors (Lipinski definition) is 3. The molecule has 0 radical (unpaired) electrons. The molecule has 0 aromatic heterocycles. The van der Waals surface area contributed by atoms with Crippen molar-refractivity contribution in [1.29, 1.82) is 0 Å². The van der Waals surface area contributed by atoms with Gasteiger partial charge in [0.2, 0.25) is 5.91 Å². The smallest absolute Gasteiger partial charge is 0.254 e. The monoisotopic (exact) mass is 326 g/mol. The zero-order chi connectivity index (χ0) is 17.5. The Balaban J connectivity index is 2.10. The van der Waals surface area contributed by atoms with Gasteiger partial charge in [0.15, 0.2) is 6.10 Å². The van der Waals surface area contributed by atoms with E-state index in [0.717, 1.165) is 16.7 Å². The van der Waals surface area contributed by atoms with E-state index in [0.29, 0.717) is 6.42 Å². The van der Waals surface area contributed by atoms with E-state index in [4.69, 9.17) is 10.5 Å². The Bertz CT molecular complexity index is 684. The molecule has 0 bridgehead atoms. The summed E-state index contributed by atoms with van der Waals surface area (Å²) >= 11 is 0. The number of carbonyl (C=O) groups excluding carboxylic acids is 2. The normalized spacial score (nSPS) is 13.1.